The maximum absolute atomic E-state index is 14.2. The van der Waals surface area contributed by atoms with Gasteiger partial charge in [0.05, 0.1) is 11.4 Å². The number of benzene rings is 3. The highest BCUT2D eigenvalue weighted by molar-refractivity contribution is 6.43. The Hall–Kier alpha value is -3.73. The second-order valence-corrected chi connectivity index (χ2v) is 7.06. The Bertz CT molecular complexity index is 1300. The molecule has 1 aliphatic rings. The third-order valence-electron chi connectivity index (χ3n) is 5.23. The van der Waals surface area contributed by atoms with Crippen LogP contribution in [0.1, 0.15) is 16.8 Å². The largest absolute Gasteiger partial charge is 0.678 e. The van der Waals surface area contributed by atoms with Crippen LogP contribution in [0.4, 0.5) is 8.63 Å². The summed E-state index contributed by atoms with van der Waals surface area (Å²) in [4.78, 5) is 4.81. The van der Waals surface area contributed by atoms with Gasteiger partial charge < -0.3 is 4.48 Å². The van der Waals surface area contributed by atoms with E-state index < -0.39 is 7.40 Å². The van der Waals surface area contributed by atoms with Crippen molar-refractivity contribution in [2.75, 3.05) is 0 Å². The van der Waals surface area contributed by atoms with Crippen LogP contribution >= 0.6 is 0 Å². The van der Waals surface area contributed by atoms with Crippen molar-refractivity contribution in [1.82, 2.24) is 4.48 Å². The zero-order valence-electron chi connectivity index (χ0n) is 16.0. The van der Waals surface area contributed by atoms with E-state index in [0.29, 0.717) is 22.5 Å². The normalized spacial score (nSPS) is 14.8. The summed E-state index contributed by atoms with van der Waals surface area (Å²) in [7, 11) is -2.66. The van der Waals surface area contributed by atoms with Gasteiger partial charge in [0, 0.05) is 22.3 Å². The number of aromatic nitrogens is 1. The highest BCUT2D eigenvalue weighted by Crippen LogP contribution is 2.35. The van der Waals surface area contributed by atoms with Crippen molar-refractivity contribution in [2.24, 2.45) is 4.99 Å². The van der Waals surface area contributed by atoms with Crippen LogP contribution in [0.15, 0.2) is 114 Å². The molecule has 144 valence electrons. The van der Waals surface area contributed by atoms with Gasteiger partial charge in [-0.15, -0.1) is 0 Å². The van der Waals surface area contributed by atoms with E-state index in [4.69, 9.17) is 4.99 Å². The predicted molar refractivity (Wildman–Crippen MR) is 120 cm³/mol. The van der Waals surface area contributed by atoms with Gasteiger partial charge in [-0.3, -0.25) is 8.63 Å². The standard InChI is InChI=1S/C25H17BF2N2/c27-26(28)30-23-14-8-7-13-20(23)17-24(30)25(19-11-5-2-6-12-19)22-16-15-21(29-22)18-9-3-1-4-10-18/h1-17H/b25-22-. The average Bonchev–Trinajstić information content (AvgIpc) is 3.41. The van der Waals surface area contributed by atoms with E-state index >= 15 is 0 Å². The van der Waals surface area contributed by atoms with Crippen molar-refractivity contribution in [3.05, 3.63) is 126 Å². The van der Waals surface area contributed by atoms with Gasteiger partial charge in [0.25, 0.3) is 0 Å². The minimum absolute atomic E-state index is 0.454. The zero-order valence-corrected chi connectivity index (χ0v) is 16.0. The minimum atomic E-state index is -2.66. The van der Waals surface area contributed by atoms with E-state index in [-0.39, 0.29) is 0 Å². The highest BCUT2D eigenvalue weighted by Gasteiger charge is 2.27. The van der Waals surface area contributed by atoms with Crippen molar-refractivity contribution >= 4 is 29.6 Å². The van der Waals surface area contributed by atoms with Crippen LogP contribution < -0.4 is 0 Å². The van der Waals surface area contributed by atoms with E-state index in [0.717, 1.165) is 26.7 Å². The molecule has 5 rings (SSSR count). The van der Waals surface area contributed by atoms with Crippen LogP contribution in [0.25, 0.3) is 16.5 Å². The summed E-state index contributed by atoms with van der Waals surface area (Å²) in [5.41, 5.74) is 4.98. The Morgan fingerprint density at radius 3 is 2.17 bits per heavy atom. The number of para-hydroxylation sites is 1. The van der Waals surface area contributed by atoms with Crippen molar-refractivity contribution in [1.29, 1.82) is 0 Å². The van der Waals surface area contributed by atoms with Crippen molar-refractivity contribution < 1.29 is 8.63 Å². The molecule has 1 aliphatic heterocycles. The van der Waals surface area contributed by atoms with Gasteiger partial charge in [-0.1, -0.05) is 78.9 Å². The van der Waals surface area contributed by atoms with Gasteiger partial charge in [-0.25, -0.2) is 4.99 Å². The predicted octanol–water partition coefficient (Wildman–Crippen LogP) is 6.23. The molecule has 5 heteroatoms. The van der Waals surface area contributed by atoms with E-state index in [1.54, 1.807) is 12.1 Å². The molecule has 30 heavy (non-hydrogen) atoms. The lowest BCUT2D eigenvalue weighted by Gasteiger charge is -2.13. The van der Waals surface area contributed by atoms with Gasteiger partial charge in [0.15, 0.2) is 0 Å². The first kappa shape index (κ1) is 18.3. The van der Waals surface area contributed by atoms with E-state index in [1.807, 2.05) is 91.0 Å². The smallest absolute Gasteiger partial charge is 0.325 e. The average molecular weight is 394 g/mol. The van der Waals surface area contributed by atoms with Gasteiger partial charge in [-0.05, 0) is 35.2 Å². The van der Waals surface area contributed by atoms with Crippen LogP contribution in [0.5, 0.6) is 0 Å². The van der Waals surface area contributed by atoms with Gasteiger partial charge in [-0.2, -0.15) is 0 Å². The summed E-state index contributed by atoms with van der Waals surface area (Å²) in [6.07, 6.45) is 3.83. The lowest BCUT2D eigenvalue weighted by atomic mass is 9.99. The molecule has 0 bridgehead atoms. The summed E-state index contributed by atoms with van der Waals surface area (Å²) < 4.78 is 29.5. The molecule has 0 unspecified atom stereocenters. The molecule has 1 aromatic heterocycles. The fourth-order valence-corrected chi connectivity index (χ4v) is 3.88. The zero-order chi connectivity index (χ0) is 20.5. The van der Waals surface area contributed by atoms with Crippen molar-refractivity contribution in [3.63, 3.8) is 0 Å². The molecule has 0 spiro atoms. The summed E-state index contributed by atoms with van der Waals surface area (Å²) in [6, 6.07) is 28.5. The molecular formula is C25H17BF2N2. The number of fused-ring (bicyclic) bond motifs is 1. The Morgan fingerprint density at radius 1 is 0.767 bits per heavy atom. The molecule has 2 nitrogen and oxygen atoms in total. The number of nitrogens with zero attached hydrogens (tertiary/aromatic N) is 2. The number of hydrogen-bond donors (Lipinski definition) is 0. The molecule has 0 saturated heterocycles. The molecular weight excluding hydrogens is 377 g/mol. The minimum Gasteiger partial charge on any atom is -0.325 e. The van der Waals surface area contributed by atoms with E-state index in [1.165, 1.54) is 0 Å². The van der Waals surface area contributed by atoms with Gasteiger partial charge in [0.2, 0.25) is 0 Å². The van der Waals surface area contributed by atoms with Gasteiger partial charge >= 0.3 is 7.40 Å². The first-order valence-corrected chi connectivity index (χ1v) is 9.73. The summed E-state index contributed by atoms with van der Waals surface area (Å²) in [5, 5.41) is 0.774. The fourth-order valence-electron chi connectivity index (χ4n) is 3.88. The lowest BCUT2D eigenvalue weighted by Crippen LogP contribution is -2.16. The maximum atomic E-state index is 14.2. The third kappa shape index (κ3) is 3.18. The third-order valence-corrected chi connectivity index (χ3v) is 5.23. The van der Waals surface area contributed by atoms with Crippen molar-refractivity contribution in [3.8, 4) is 0 Å². The Kier molecular flexibility index (Phi) is 4.64. The SMILES string of the molecule is FB(F)n1c(/C(=C2/C=CC(c3ccccc3)=N2)c2ccccc2)cc2ccccc21. The number of aliphatic imine (C=N–C) groups is 1. The monoisotopic (exact) mass is 394 g/mol. The van der Waals surface area contributed by atoms with Crippen LogP contribution in [0.2, 0.25) is 0 Å². The Balaban J connectivity index is 1.78. The summed E-state index contributed by atoms with van der Waals surface area (Å²) in [6.45, 7) is 0. The molecule has 0 radical (unpaired) electrons. The Morgan fingerprint density at radius 2 is 1.43 bits per heavy atom. The molecule has 0 fully saturated rings. The molecule has 4 aromatic rings. The summed E-state index contributed by atoms with van der Waals surface area (Å²) >= 11 is 0. The maximum Gasteiger partial charge on any atom is 0.678 e. The van der Waals surface area contributed by atoms with Crippen LogP contribution in [-0.2, 0) is 0 Å². The molecule has 3 aromatic carbocycles. The van der Waals surface area contributed by atoms with Crippen molar-refractivity contribution in [2.45, 2.75) is 0 Å². The van der Waals surface area contributed by atoms with Crippen LogP contribution in [-0.4, -0.2) is 17.6 Å². The van der Waals surface area contributed by atoms with Crippen LogP contribution in [0, 0.1) is 0 Å². The number of hydrogen-bond acceptors (Lipinski definition) is 1. The Labute approximate surface area is 173 Å². The topological polar surface area (TPSA) is 17.3 Å². The first-order chi connectivity index (χ1) is 14.7. The molecule has 0 aliphatic carbocycles. The fraction of sp³-hybridized carbons (Fsp3) is 0. The molecule has 0 atom stereocenters. The second-order valence-electron chi connectivity index (χ2n) is 7.06. The molecule has 0 N–H and O–H groups in total. The van der Waals surface area contributed by atoms with E-state index in [2.05, 4.69) is 0 Å². The molecule has 0 amide bonds. The quantitative estimate of drug-likeness (QED) is 0.365. The lowest BCUT2D eigenvalue weighted by molar-refractivity contribution is 0.633. The second kappa shape index (κ2) is 7.60. The van der Waals surface area contributed by atoms with E-state index in [9.17, 15) is 8.63 Å². The van der Waals surface area contributed by atoms with Crippen LogP contribution in [0.3, 0.4) is 0 Å². The van der Waals surface area contributed by atoms with Gasteiger partial charge in [0.1, 0.15) is 0 Å². The number of allylic oxidation sites excluding steroid dienone is 2. The number of halogens is 2. The number of rotatable bonds is 4. The summed E-state index contributed by atoms with van der Waals surface area (Å²) in [5.74, 6) is 0. The molecule has 0 saturated carbocycles. The molecule has 2 heterocycles. The highest BCUT2D eigenvalue weighted by atomic mass is 19.2. The first-order valence-electron chi connectivity index (χ1n) is 9.73.